The largest absolute Gasteiger partial charge is 0.352 e. The van der Waals surface area contributed by atoms with Crippen LogP contribution in [0, 0.1) is 5.82 Å². The van der Waals surface area contributed by atoms with Crippen LogP contribution in [0.2, 0.25) is 0 Å². The van der Waals surface area contributed by atoms with E-state index in [4.69, 9.17) is 0 Å². The Morgan fingerprint density at radius 1 is 1.26 bits per heavy atom. The average molecular weight is 323 g/mol. The van der Waals surface area contributed by atoms with Crippen molar-refractivity contribution < 1.29 is 9.18 Å². The van der Waals surface area contributed by atoms with Gasteiger partial charge in [0.05, 0.1) is 5.56 Å². The van der Waals surface area contributed by atoms with Crippen LogP contribution in [-0.4, -0.2) is 17.4 Å². The van der Waals surface area contributed by atoms with Crippen molar-refractivity contribution in [1.82, 2.24) is 10.3 Å². The van der Waals surface area contributed by atoms with Crippen LogP contribution in [0.1, 0.15) is 15.9 Å². The minimum atomic E-state index is -0.256. The van der Waals surface area contributed by atoms with E-state index >= 15 is 0 Å². The third-order valence-corrected chi connectivity index (χ3v) is 3.01. The predicted molar refractivity (Wildman–Crippen MR) is 74.4 cm³/mol. The summed E-state index contributed by atoms with van der Waals surface area (Å²) in [6.07, 6.45) is 3.79. The molecule has 0 unspecified atom stereocenters. The fourth-order valence-electron chi connectivity index (χ4n) is 1.61. The molecular weight excluding hydrogens is 311 g/mol. The lowest BCUT2D eigenvalue weighted by Gasteiger charge is -2.05. The number of pyridine rings is 1. The van der Waals surface area contributed by atoms with Crippen molar-refractivity contribution in [2.75, 3.05) is 6.54 Å². The highest BCUT2D eigenvalue weighted by Gasteiger charge is 2.05. The Hall–Kier alpha value is -1.75. The Morgan fingerprint density at radius 2 is 2.00 bits per heavy atom. The monoisotopic (exact) mass is 322 g/mol. The van der Waals surface area contributed by atoms with E-state index in [0.717, 1.165) is 10.0 Å². The number of benzene rings is 1. The van der Waals surface area contributed by atoms with E-state index in [1.54, 1.807) is 24.4 Å². The first-order chi connectivity index (χ1) is 9.15. The third-order valence-electron chi connectivity index (χ3n) is 2.58. The van der Waals surface area contributed by atoms with Crippen molar-refractivity contribution in [3.8, 4) is 0 Å². The van der Waals surface area contributed by atoms with Crippen molar-refractivity contribution in [2.24, 2.45) is 0 Å². The molecule has 0 fully saturated rings. The SMILES string of the molecule is O=C(NCCc1ccc(F)cc1)c1cncc(Br)c1. The fraction of sp³-hybridized carbons (Fsp3) is 0.143. The van der Waals surface area contributed by atoms with Gasteiger partial charge in [0.25, 0.3) is 5.91 Å². The van der Waals surface area contributed by atoms with Gasteiger partial charge >= 0.3 is 0 Å². The molecule has 1 N–H and O–H groups in total. The Bertz CT molecular complexity index is 572. The second kappa shape index (κ2) is 6.43. The number of nitrogens with one attached hydrogen (secondary N) is 1. The van der Waals surface area contributed by atoms with E-state index in [2.05, 4.69) is 26.2 Å². The van der Waals surface area contributed by atoms with Gasteiger partial charge in [-0.1, -0.05) is 12.1 Å². The molecule has 3 nitrogen and oxygen atoms in total. The molecule has 0 spiro atoms. The molecule has 0 saturated carbocycles. The van der Waals surface area contributed by atoms with Gasteiger partial charge in [0, 0.05) is 23.4 Å². The Morgan fingerprint density at radius 3 is 2.68 bits per heavy atom. The summed E-state index contributed by atoms with van der Waals surface area (Å²) >= 11 is 3.26. The van der Waals surface area contributed by atoms with Crippen molar-refractivity contribution in [3.63, 3.8) is 0 Å². The fourth-order valence-corrected chi connectivity index (χ4v) is 1.97. The van der Waals surface area contributed by atoms with Gasteiger partial charge in [-0.25, -0.2) is 4.39 Å². The summed E-state index contributed by atoms with van der Waals surface area (Å²) in [5, 5.41) is 2.80. The van der Waals surface area contributed by atoms with Crippen LogP contribution in [-0.2, 0) is 6.42 Å². The number of rotatable bonds is 4. The van der Waals surface area contributed by atoms with Crippen LogP contribution in [0.15, 0.2) is 47.2 Å². The first-order valence-corrected chi connectivity index (χ1v) is 6.57. The number of carbonyl (C=O) groups excluding carboxylic acids is 1. The maximum absolute atomic E-state index is 12.7. The van der Waals surface area contributed by atoms with Gasteiger partial charge in [0.15, 0.2) is 0 Å². The summed E-state index contributed by atoms with van der Waals surface area (Å²) in [7, 11) is 0. The summed E-state index contributed by atoms with van der Waals surface area (Å²) in [6.45, 7) is 0.497. The lowest BCUT2D eigenvalue weighted by molar-refractivity contribution is 0.0953. The maximum Gasteiger partial charge on any atom is 0.252 e. The van der Waals surface area contributed by atoms with E-state index < -0.39 is 0 Å². The quantitative estimate of drug-likeness (QED) is 0.940. The normalized spacial score (nSPS) is 10.2. The molecule has 0 saturated heterocycles. The van der Waals surface area contributed by atoms with Crippen LogP contribution in [0.5, 0.6) is 0 Å². The van der Waals surface area contributed by atoms with Crippen molar-refractivity contribution in [2.45, 2.75) is 6.42 Å². The zero-order valence-electron chi connectivity index (χ0n) is 10.1. The van der Waals surface area contributed by atoms with Gasteiger partial charge in [-0.05, 0) is 46.1 Å². The van der Waals surface area contributed by atoms with Gasteiger partial charge in [-0.15, -0.1) is 0 Å². The smallest absolute Gasteiger partial charge is 0.252 e. The Balaban J connectivity index is 1.86. The van der Waals surface area contributed by atoms with Gasteiger partial charge < -0.3 is 5.32 Å². The molecule has 1 aromatic heterocycles. The number of aromatic nitrogens is 1. The number of hydrogen-bond donors (Lipinski definition) is 1. The van der Waals surface area contributed by atoms with E-state index in [9.17, 15) is 9.18 Å². The molecule has 0 radical (unpaired) electrons. The maximum atomic E-state index is 12.7. The molecule has 0 aliphatic heterocycles. The highest BCUT2D eigenvalue weighted by atomic mass is 79.9. The molecule has 19 heavy (non-hydrogen) atoms. The number of hydrogen-bond acceptors (Lipinski definition) is 2. The molecule has 5 heteroatoms. The Kier molecular flexibility index (Phi) is 4.63. The summed E-state index contributed by atoms with van der Waals surface area (Å²) in [5.41, 5.74) is 1.49. The third kappa shape index (κ3) is 4.13. The molecule has 0 bridgehead atoms. The van der Waals surface area contributed by atoms with Gasteiger partial charge in [-0.2, -0.15) is 0 Å². The first-order valence-electron chi connectivity index (χ1n) is 5.78. The summed E-state index contributed by atoms with van der Waals surface area (Å²) in [5.74, 6) is -0.427. The molecule has 1 amide bonds. The molecule has 2 rings (SSSR count). The zero-order chi connectivity index (χ0) is 13.7. The predicted octanol–water partition coefficient (Wildman–Crippen LogP) is 2.96. The second-order valence-corrected chi connectivity index (χ2v) is 4.94. The van der Waals surface area contributed by atoms with Crippen molar-refractivity contribution in [3.05, 3.63) is 64.1 Å². The minimum Gasteiger partial charge on any atom is -0.352 e. The average Bonchev–Trinajstić information content (AvgIpc) is 2.41. The van der Waals surface area contributed by atoms with Crippen LogP contribution in [0.3, 0.4) is 0 Å². The highest BCUT2D eigenvalue weighted by molar-refractivity contribution is 9.10. The molecule has 1 heterocycles. The van der Waals surface area contributed by atoms with Crippen LogP contribution >= 0.6 is 15.9 Å². The second-order valence-electron chi connectivity index (χ2n) is 4.02. The van der Waals surface area contributed by atoms with E-state index in [1.165, 1.54) is 18.3 Å². The van der Waals surface area contributed by atoms with Crippen molar-refractivity contribution in [1.29, 1.82) is 0 Å². The number of halogens is 2. The van der Waals surface area contributed by atoms with Crippen LogP contribution in [0.25, 0.3) is 0 Å². The standard InChI is InChI=1S/C14H12BrFN2O/c15-12-7-11(8-17-9-12)14(19)18-6-5-10-1-3-13(16)4-2-10/h1-4,7-9H,5-6H2,(H,18,19). The molecule has 98 valence electrons. The molecule has 1 aromatic carbocycles. The van der Waals surface area contributed by atoms with E-state index in [-0.39, 0.29) is 11.7 Å². The topological polar surface area (TPSA) is 42.0 Å². The van der Waals surface area contributed by atoms with Gasteiger partial charge in [0.2, 0.25) is 0 Å². The number of nitrogens with zero attached hydrogens (tertiary/aromatic N) is 1. The number of carbonyl (C=O) groups is 1. The molecule has 0 atom stereocenters. The van der Waals surface area contributed by atoms with Crippen LogP contribution < -0.4 is 5.32 Å². The first kappa shape index (κ1) is 13.7. The molecule has 2 aromatic rings. The highest BCUT2D eigenvalue weighted by Crippen LogP contribution is 2.09. The summed E-state index contributed by atoms with van der Waals surface area (Å²) in [6, 6.07) is 7.95. The van der Waals surface area contributed by atoms with Crippen molar-refractivity contribution >= 4 is 21.8 Å². The number of amides is 1. The zero-order valence-corrected chi connectivity index (χ0v) is 11.7. The van der Waals surface area contributed by atoms with Crippen LogP contribution in [0.4, 0.5) is 4.39 Å². The van der Waals surface area contributed by atoms with E-state index in [1.807, 2.05) is 0 Å². The summed E-state index contributed by atoms with van der Waals surface area (Å²) < 4.78 is 13.5. The van der Waals surface area contributed by atoms with Gasteiger partial charge in [0.1, 0.15) is 5.82 Å². The lowest BCUT2D eigenvalue weighted by atomic mass is 10.1. The molecule has 0 aliphatic rings. The molecule has 0 aliphatic carbocycles. The minimum absolute atomic E-state index is 0.170. The van der Waals surface area contributed by atoms with Gasteiger partial charge in [-0.3, -0.25) is 9.78 Å². The molecular formula is C14H12BrFN2O. The lowest BCUT2D eigenvalue weighted by Crippen LogP contribution is -2.25. The summed E-state index contributed by atoms with van der Waals surface area (Å²) in [4.78, 5) is 15.7. The Labute approximate surface area is 119 Å². The van der Waals surface area contributed by atoms with E-state index in [0.29, 0.717) is 18.5 Å².